The Morgan fingerprint density at radius 1 is 1.00 bits per heavy atom. The normalized spacial score (nSPS) is 11.8. The van der Waals surface area contributed by atoms with E-state index in [1.807, 2.05) is 0 Å². The first-order chi connectivity index (χ1) is 8.49. The van der Waals surface area contributed by atoms with Crippen LogP contribution in [0, 0.1) is 6.92 Å². The molecule has 0 saturated carbocycles. The second-order valence-corrected chi connectivity index (χ2v) is 5.96. The predicted molar refractivity (Wildman–Crippen MR) is 80.1 cm³/mol. The Morgan fingerprint density at radius 2 is 1.72 bits per heavy atom. The molecule has 1 rings (SSSR count). The van der Waals surface area contributed by atoms with Gasteiger partial charge in [0.15, 0.2) is 0 Å². The van der Waals surface area contributed by atoms with Gasteiger partial charge < -0.3 is 10.6 Å². The number of hydrogen-bond donors (Lipinski definition) is 2. The lowest BCUT2D eigenvalue weighted by atomic mass is 10.1. The molecule has 102 valence electrons. The monoisotopic (exact) mass is 248 g/mol. The van der Waals surface area contributed by atoms with Crippen LogP contribution in [0.2, 0.25) is 0 Å². The quantitative estimate of drug-likeness (QED) is 0.725. The van der Waals surface area contributed by atoms with Crippen molar-refractivity contribution in [1.29, 1.82) is 0 Å². The molecule has 1 aromatic rings. The first kappa shape index (κ1) is 15.2. The fraction of sp³-hybridized carbons (Fsp3) is 0.625. The van der Waals surface area contributed by atoms with Gasteiger partial charge in [-0.3, -0.25) is 0 Å². The molecule has 0 atom stereocenters. The third-order valence-electron chi connectivity index (χ3n) is 3.02. The molecule has 0 aliphatic carbocycles. The lowest BCUT2D eigenvalue weighted by Gasteiger charge is -2.20. The highest BCUT2D eigenvalue weighted by Crippen LogP contribution is 2.06. The lowest BCUT2D eigenvalue weighted by Crippen LogP contribution is -2.37. The average molecular weight is 248 g/mol. The van der Waals surface area contributed by atoms with Crippen LogP contribution >= 0.6 is 0 Å². The van der Waals surface area contributed by atoms with Crippen molar-refractivity contribution in [1.82, 2.24) is 10.6 Å². The molecule has 0 heterocycles. The number of benzene rings is 1. The Bertz CT molecular complexity index is 339. The van der Waals surface area contributed by atoms with Crippen LogP contribution in [0.3, 0.4) is 0 Å². The molecule has 0 fully saturated rings. The van der Waals surface area contributed by atoms with Crippen LogP contribution in [0.4, 0.5) is 0 Å². The summed E-state index contributed by atoms with van der Waals surface area (Å²) < 4.78 is 0. The standard InChI is InChI=1S/C16H28N2/c1-14-8-5-6-9-15(14)10-13-17-11-7-12-18-16(2,3)4/h5-6,8-9,17-18H,7,10-13H2,1-4H3. The Kier molecular flexibility index (Phi) is 6.37. The highest BCUT2D eigenvalue weighted by molar-refractivity contribution is 5.25. The molecule has 0 bridgehead atoms. The average Bonchev–Trinajstić information content (AvgIpc) is 2.28. The van der Waals surface area contributed by atoms with E-state index in [9.17, 15) is 0 Å². The van der Waals surface area contributed by atoms with E-state index in [2.05, 4.69) is 62.6 Å². The SMILES string of the molecule is Cc1ccccc1CCNCCCNC(C)(C)C. The van der Waals surface area contributed by atoms with Gasteiger partial charge in [0.05, 0.1) is 0 Å². The zero-order valence-corrected chi connectivity index (χ0v) is 12.3. The summed E-state index contributed by atoms with van der Waals surface area (Å²) in [5, 5.41) is 7.01. The van der Waals surface area contributed by atoms with Crippen molar-refractivity contribution in [2.45, 2.75) is 46.1 Å². The summed E-state index contributed by atoms with van der Waals surface area (Å²) in [6.07, 6.45) is 2.31. The highest BCUT2D eigenvalue weighted by atomic mass is 14.9. The van der Waals surface area contributed by atoms with Gasteiger partial charge in [-0.2, -0.15) is 0 Å². The van der Waals surface area contributed by atoms with Crippen molar-refractivity contribution in [3.63, 3.8) is 0 Å². The molecule has 18 heavy (non-hydrogen) atoms. The number of hydrogen-bond acceptors (Lipinski definition) is 2. The van der Waals surface area contributed by atoms with Gasteiger partial charge >= 0.3 is 0 Å². The molecule has 0 aliphatic rings. The third kappa shape index (κ3) is 6.77. The van der Waals surface area contributed by atoms with Crippen molar-refractivity contribution >= 4 is 0 Å². The van der Waals surface area contributed by atoms with Crippen molar-refractivity contribution in [2.75, 3.05) is 19.6 Å². The van der Waals surface area contributed by atoms with Crippen LogP contribution in [0.15, 0.2) is 24.3 Å². The summed E-state index contributed by atoms with van der Waals surface area (Å²) in [6.45, 7) is 12.1. The van der Waals surface area contributed by atoms with Gasteiger partial charge in [0.2, 0.25) is 0 Å². The van der Waals surface area contributed by atoms with Crippen molar-refractivity contribution < 1.29 is 0 Å². The van der Waals surface area contributed by atoms with Crippen LogP contribution in [-0.2, 0) is 6.42 Å². The van der Waals surface area contributed by atoms with Crippen LogP contribution < -0.4 is 10.6 Å². The largest absolute Gasteiger partial charge is 0.316 e. The van der Waals surface area contributed by atoms with Gasteiger partial charge in [-0.15, -0.1) is 0 Å². The molecule has 1 aromatic carbocycles. The third-order valence-corrected chi connectivity index (χ3v) is 3.02. The zero-order chi connectivity index (χ0) is 13.4. The summed E-state index contributed by atoms with van der Waals surface area (Å²) in [6, 6.07) is 8.63. The van der Waals surface area contributed by atoms with E-state index in [-0.39, 0.29) is 5.54 Å². The van der Waals surface area contributed by atoms with Crippen LogP contribution in [0.25, 0.3) is 0 Å². The number of rotatable bonds is 7. The fourth-order valence-corrected chi connectivity index (χ4v) is 1.92. The maximum Gasteiger partial charge on any atom is 0.00965 e. The molecular weight excluding hydrogens is 220 g/mol. The summed E-state index contributed by atoms with van der Waals surface area (Å²) >= 11 is 0. The Labute approximate surface area is 112 Å². The summed E-state index contributed by atoms with van der Waals surface area (Å²) in [5.41, 5.74) is 3.09. The molecule has 2 nitrogen and oxygen atoms in total. The molecule has 0 aliphatic heterocycles. The molecule has 0 spiro atoms. The summed E-state index contributed by atoms with van der Waals surface area (Å²) in [7, 11) is 0. The van der Waals surface area contributed by atoms with Crippen molar-refractivity contribution in [2.24, 2.45) is 0 Å². The van der Waals surface area contributed by atoms with E-state index in [0.717, 1.165) is 26.1 Å². The van der Waals surface area contributed by atoms with Gasteiger partial charge in [-0.05, 0) is 71.3 Å². The Balaban J connectivity index is 2.04. The maximum absolute atomic E-state index is 3.51. The van der Waals surface area contributed by atoms with Crippen molar-refractivity contribution in [3.05, 3.63) is 35.4 Å². The minimum absolute atomic E-state index is 0.237. The van der Waals surface area contributed by atoms with E-state index >= 15 is 0 Å². The van der Waals surface area contributed by atoms with Gasteiger partial charge in [-0.25, -0.2) is 0 Å². The van der Waals surface area contributed by atoms with Crippen molar-refractivity contribution in [3.8, 4) is 0 Å². The zero-order valence-electron chi connectivity index (χ0n) is 12.3. The number of nitrogens with one attached hydrogen (secondary N) is 2. The minimum atomic E-state index is 0.237. The first-order valence-electron chi connectivity index (χ1n) is 6.99. The topological polar surface area (TPSA) is 24.1 Å². The van der Waals surface area contributed by atoms with E-state index in [0.29, 0.717) is 0 Å². The van der Waals surface area contributed by atoms with Gasteiger partial charge in [0, 0.05) is 5.54 Å². The molecule has 0 saturated heterocycles. The van der Waals surface area contributed by atoms with Gasteiger partial charge in [-0.1, -0.05) is 24.3 Å². The molecule has 0 aromatic heterocycles. The fourth-order valence-electron chi connectivity index (χ4n) is 1.92. The highest BCUT2D eigenvalue weighted by Gasteiger charge is 2.06. The summed E-state index contributed by atoms with van der Waals surface area (Å²) in [5.74, 6) is 0. The second kappa shape index (κ2) is 7.55. The van der Waals surface area contributed by atoms with E-state index in [4.69, 9.17) is 0 Å². The number of aryl methyl sites for hydroxylation is 1. The second-order valence-electron chi connectivity index (χ2n) is 5.96. The molecule has 0 amide bonds. The molecule has 0 unspecified atom stereocenters. The lowest BCUT2D eigenvalue weighted by molar-refractivity contribution is 0.419. The van der Waals surface area contributed by atoms with Crippen LogP contribution in [0.5, 0.6) is 0 Å². The van der Waals surface area contributed by atoms with Crippen LogP contribution in [0.1, 0.15) is 38.3 Å². The molecular formula is C16H28N2. The first-order valence-corrected chi connectivity index (χ1v) is 6.99. The van der Waals surface area contributed by atoms with E-state index in [1.54, 1.807) is 0 Å². The summed E-state index contributed by atoms with van der Waals surface area (Å²) in [4.78, 5) is 0. The molecule has 2 N–H and O–H groups in total. The van der Waals surface area contributed by atoms with E-state index < -0.39 is 0 Å². The van der Waals surface area contributed by atoms with Gasteiger partial charge in [0.25, 0.3) is 0 Å². The Morgan fingerprint density at radius 3 is 2.39 bits per heavy atom. The molecule has 2 heteroatoms. The smallest absolute Gasteiger partial charge is 0.00965 e. The molecule has 0 radical (unpaired) electrons. The van der Waals surface area contributed by atoms with Gasteiger partial charge in [0.1, 0.15) is 0 Å². The Hall–Kier alpha value is -0.860. The predicted octanol–water partition coefficient (Wildman–Crippen LogP) is 2.91. The van der Waals surface area contributed by atoms with Crippen LogP contribution in [-0.4, -0.2) is 25.2 Å². The maximum atomic E-state index is 3.51. The van der Waals surface area contributed by atoms with E-state index in [1.165, 1.54) is 17.5 Å². The minimum Gasteiger partial charge on any atom is -0.316 e.